The number of furan rings is 1. The maximum absolute atomic E-state index is 12.6. The molecule has 2 heterocycles. The van der Waals surface area contributed by atoms with Crippen LogP contribution in [0.2, 0.25) is 5.02 Å². The van der Waals surface area contributed by atoms with Crippen LogP contribution >= 0.6 is 11.6 Å². The molecule has 1 atom stereocenters. The maximum Gasteiger partial charge on any atom is 0.289 e. The SMILES string of the molecule is CC[C@H](O)CN1CCN(C(=O)c2cc3cc(Cl)ccc3o2)CC1. The van der Waals surface area contributed by atoms with E-state index in [0.29, 0.717) is 36.0 Å². The summed E-state index contributed by atoms with van der Waals surface area (Å²) in [6.07, 6.45) is 0.457. The molecule has 1 aromatic heterocycles. The average Bonchev–Trinajstić information content (AvgIpc) is 2.97. The summed E-state index contributed by atoms with van der Waals surface area (Å²) in [6, 6.07) is 7.07. The Morgan fingerprint density at radius 1 is 1.30 bits per heavy atom. The first-order valence-corrected chi connectivity index (χ1v) is 8.33. The lowest BCUT2D eigenvalue weighted by Gasteiger charge is -2.35. The molecule has 1 saturated heterocycles. The first-order chi connectivity index (χ1) is 11.1. The van der Waals surface area contributed by atoms with Gasteiger partial charge in [0, 0.05) is 43.1 Å². The molecule has 2 aromatic rings. The van der Waals surface area contributed by atoms with Crippen LogP contribution in [-0.2, 0) is 0 Å². The summed E-state index contributed by atoms with van der Waals surface area (Å²) in [6.45, 7) is 5.48. The normalized spacial score (nSPS) is 17.6. The van der Waals surface area contributed by atoms with Gasteiger partial charge in [-0.1, -0.05) is 18.5 Å². The molecule has 1 fully saturated rings. The minimum absolute atomic E-state index is 0.0898. The fraction of sp³-hybridized carbons (Fsp3) is 0.471. The van der Waals surface area contributed by atoms with E-state index in [-0.39, 0.29) is 12.0 Å². The van der Waals surface area contributed by atoms with E-state index in [2.05, 4.69) is 4.90 Å². The third kappa shape index (κ3) is 3.68. The van der Waals surface area contributed by atoms with Gasteiger partial charge in [-0.05, 0) is 30.7 Å². The molecule has 1 aliphatic rings. The topological polar surface area (TPSA) is 56.9 Å². The van der Waals surface area contributed by atoms with Gasteiger partial charge in [-0.15, -0.1) is 0 Å². The average molecular weight is 337 g/mol. The second kappa shape index (κ2) is 6.91. The zero-order chi connectivity index (χ0) is 16.4. The van der Waals surface area contributed by atoms with Crippen molar-refractivity contribution in [2.75, 3.05) is 32.7 Å². The van der Waals surface area contributed by atoms with Crippen molar-refractivity contribution in [3.8, 4) is 0 Å². The Balaban J connectivity index is 1.64. The Hall–Kier alpha value is -1.56. The molecule has 0 bridgehead atoms. The second-order valence-electron chi connectivity index (χ2n) is 5.95. The van der Waals surface area contributed by atoms with Crippen molar-refractivity contribution >= 4 is 28.5 Å². The summed E-state index contributed by atoms with van der Waals surface area (Å²) in [7, 11) is 0. The maximum atomic E-state index is 12.6. The van der Waals surface area contributed by atoms with E-state index in [1.807, 2.05) is 6.92 Å². The highest BCUT2D eigenvalue weighted by Crippen LogP contribution is 2.24. The van der Waals surface area contributed by atoms with Crippen LogP contribution in [0.3, 0.4) is 0 Å². The number of hydrogen-bond acceptors (Lipinski definition) is 4. The van der Waals surface area contributed by atoms with Crippen molar-refractivity contribution < 1.29 is 14.3 Å². The van der Waals surface area contributed by atoms with E-state index in [1.165, 1.54) is 0 Å². The largest absolute Gasteiger partial charge is 0.451 e. The highest BCUT2D eigenvalue weighted by molar-refractivity contribution is 6.31. The predicted octanol–water partition coefficient (Wildman–Crippen LogP) is 2.61. The van der Waals surface area contributed by atoms with Crippen LogP contribution in [0.5, 0.6) is 0 Å². The Morgan fingerprint density at radius 3 is 2.74 bits per heavy atom. The van der Waals surface area contributed by atoms with E-state index in [1.54, 1.807) is 29.2 Å². The number of amides is 1. The highest BCUT2D eigenvalue weighted by Gasteiger charge is 2.25. The number of nitrogens with zero attached hydrogens (tertiary/aromatic N) is 2. The van der Waals surface area contributed by atoms with Crippen LogP contribution in [0.25, 0.3) is 11.0 Å². The van der Waals surface area contributed by atoms with Gasteiger partial charge >= 0.3 is 0 Å². The lowest BCUT2D eigenvalue weighted by Crippen LogP contribution is -2.50. The molecule has 5 nitrogen and oxygen atoms in total. The van der Waals surface area contributed by atoms with Gasteiger partial charge in [-0.3, -0.25) is 9.69 Å². The monoisotopic (exact) mass is 336 g/mol. The summed E-state index contributed by atoms with van der Waals surface area (Å²) in [4.78, 5) is 16.6. The van der Waals surface area contributed by atoms with Crippen molar-refractivity contribution in [1.82, 2.24) is 9.80 Å². The van der Waals surface area contributed by atoms with Crippen LogP contribution in [0.4, 0.5) is 0 Å². The van der Waals surface area contributed by atoms with Gasteiger partial charge < -0.3 is 14.4 Å². The molecule has 124 valence electrons. The lowest BCUT2D eigenvalue weighted by atomic mass is 10.2. The molecule has 0 unspecified atom stereocenters. The van der Waals surface area contributed by atoms with E-state index >= 15 is 0 Å². The van der Waals surface area contributed by atoms with E-state index in [0.717, 1.165) is 24.9 Å². The Labute approximate surface area is 140 Å². The number of carbonyl (C=O) groups excluding carboxylic acids is 1. The quantitative estimate of drug-likeness (QED) is 0.932. The number of fused-ring (bicyclic) bond motifs is 1. The molecule has 6 heteroatoms. The molecule has 1 aromatic carbocycles. The molecule has 3 rings (SSSR count). The van der Waals surface area contributed by atoms with Crippen LogP contribution in [0.1, 0.15) is 23.9 Å². The Kier molecular flexibility index (Phi) is 4.90. The highest BCUT2D eigenvalue weighted by atomic mass is 35.5. The fourth-order valence-corrected chi connectivity index (χ4v) is 3.02. The van der Waals surface area contributed by atoms with Gasteiger partial charge in [0.05, 0.1) is 6.10 Å². The summed E-state index contributed by atoms with van der Waals surface area (Å²) in [5.41, 5.74) is 0.669. The molecule has 1 aliphatic heterocycles. The Morgan fingerprint density at radius 2 is 2.04 bits per heavy atom. The number of piperazine rings is 1. The van der Waals surface area contributed by atoms with Gasteiger partial charge in [0.25, 0.3) is 5.91 Å². The fourth-order valence-electron chi connectivity index (χ4n) is 2.84. The van der Waals surface area contributed by atoms with Crippen molar-refractivity contribution in [1.29, 1.82) is 0 Å². The van der Waals surface area contributed by atoms with Gasteiger partial charge in [0.15, 0.2) is 5.76 Å². The molecule has 0 spiro atoms. The second-order valence-corrected chi connectivity index (χ2v) is 6.38. The lowest BCUT2D eigenvalue weighted by molar-refractivity contribution is 0.0502. The summed E-state index contributed by atoms with van der Waals surface area (Å²) in [5.74, 6) is 0.261. The summed E-state index contributed by atoms with van der Waals surface area (Å²) >= 11 is 5.96. The molecule has 0 aliphatic carbocycles. The number of rotatable bonds is 4. The molecular weight excluding hydrogens is 316 g/mol. The number of hydrogen-bond donors (Lipinski definition) is 1. The predicted molar refractivity (Wildman–Crippen MR) is 89.9 cm³/mol. The third-order valence-electron chi connectivity index (χ3n) is 4.29. The number of aliphatic hydroxyl groups excluding tert-OH is 1. The number of carbonyl (C=O) groups is 1. The number of benzene rings is 1. The van der Waals surface area contributed by atoms with Crippen LogP contribution in [-0.4, -0.2) is 59.6 Å². The van der Waals surface area contributed by atoms with E-state index in [9.17, 15) is 9.90 Å². The summed E-state index contributed by atoms with van der Waals surface area (Å²) in [5, 5.41) is 11.2. The van der Waals surface area contributed by atoms with Crippen molar-refractivity contribution in [3.05, 3.63) is 35.0 Å². The smallest absolute Gasteiger partial charge is 0.289 e. The molecule has 1 amide bonds. The van der Waals surface area contributed by atoms with Gasteiger partial charge in [0.1, 0.15) is 5.58 Å². The molecule has 1 N–H and O–H groups in total. The van der Waals surface area contributed by atoms with E-state index < -0.39 is 0 Å². The van der Waals surface area contributed by atoms with Gasteiger partial charge in [-0.25, -0.2) is 0 Å². The minimum Gasteiger partial charge on any atom is -0.451 e. The Bertz CT molecular complexity index is 692. The molecule has 23 heavy (non-hydrogen) atoms. The van der Waals surface area contributed by atoms with Gasteiger partial charge in [0.2, 0.25) is 0 Å². The third-order valence-corrected chi connectivity index (χ3v) is 4.52. The molecule has 0 saturated carbocycles. The first kappa shape index (κ1) is 16.3. The minimum atomic E-state index is -0.294. The van der Waals surface area contributed by atoms with Crippen molar-refractivity contribution in [2.45, 2.75) is 19.4 Å². The van der Waals surface area contributed by atoms with Crippen LogP contribution in [0.15, 0.2) is 28.7 Å². The zero-order valence-electron chi connectivity index (χ0n) is 13.2. The van der Waals surface area contributed by atoms with Crippen LogP contribution in [0, 0.1) is 0 Å². The summed E-state index contributed by atoms with van der Waals surface area (Å²) < 4.78 is 5.64. The standard InChI is InChI=1S/C17H21ClN2O3/c1-2-14(21)11-19-5-7-20(8-6-19)17(22)16-10-12-9-13(18)3-4-15(12)23-16/h3-4,9-10,14,21H,2,5-8,11H2,1H3/t14-/m0/s1. The number of β-amino-alcohol motifs (C(OH)–C–C–N with tert-alkyl or cyclic N) is 1. The number of halogens is 1. The van der Waals surface area contributed by atoms with Crippen molar-refractivity contribution in [2.24, 2.45) is 0 Å². The molecule has 0 radical (unpaired) electrons. The van der Waals surface area contributed by atoms with Crippen molar-refractivity contribution in [3.63, 3.8) is 0 Å². The van der Waals surface area contributed by atoms with E-state index in [4.69, 9.17) is 16.0 Å². The number of aliphatic hydroxyl groups is 1. The first-order valence-electron chi connectivity index (χ1n) is 7.95. The van der Waals surface area contributed by atoms with Gasteiger partial charge in [-0.2, -0.15) is 0 Å². The molecular formula is C17H21ClN2O3. The zero-order valence-corrected chi connectivity index (χ0v) is 13.9. The van der Waals surface area contributed by atoms with Crippen LogP contribution < -0.4 is 0 Å².